The van der Waals surface area contributed by atoms with E-state index in [1.807, 2.05) is 35.3 Å². The molecule has 2 saturated heterocycles. The first-order valence-corrected chi connectivity index (χ1v) is 14.8. The molecule has 0 aliphatic carbocycles. The smallest absolute Gasteiger partial charge is 0.381 e. The molecule has 0 atom stereocenters. The molecule has 6 heterocycles. The molecular weight excluding hydrogens is 539 g/mol. The summed E-state index contributed by atoms with van der Waals surface area (Å²) >= 11 is 3.30. The van der Waals surface area contributed by atoms with Crippen molar-refractivity contribution in [2.24, 2.45) is 0 Å². The first-order valence-electron chi connectivity index (χ1n) is 12.9. The zero-order valence-electron chi connectivity index (χ0n) is 22.2. The molecule has 8 nitrogen and oxygen atoms in total. The summed E-state index contributed by atoms with van der Waals surface area (Å²) in [5, 5.41) is 4.14. The maximum Gasteiger partial charge on any atom is 1.00 e. The SMILES string of the molecule is C1CCOC1.C1CCOC1.[Na+].c1ccc2[nH+]c(-c3csc[nH+]3)[nH]c2c1.c1ccc2[nH+]c(-c3csc[nH+]3)[nH]c2c1. The number of nitrogens with one attached hydrogen (secondary N) is 6. The number of benzene rings is 2. The predicted molar refractivity (Wildman–Crippen MR) is 150 cm³/mol. The fourth-order valence-electron chi connectivity index (χ4n) is 4.02. The quantitative estimate of drug-likeness (QED) is 0.308. The topological polar surface area (TPSA) is 107 Å². The van der Waals surface area contributed by atoms with Gasteiger partial charge in [-0.15, -0.1) is 0 Å². The predicted octanol–water partition coefficient (Wildman–Crippen LogP) is 1.65. The van der Waals surface area contributed by atoms with Crippen LogP contribution in [-0.2, 0) is 9.47 Å². The van der Waals surface area contributed by atoms with Crippen LogP contribution in [0.5, 0.6) is 0 Å². The number of imidazole rings is 2. The monoisotopic (exact) mass is 573 g/mol. The molecule has 196 valence electrons. The van der Waals surface area contributed by atoms with Crippen LogP contribution in [0, 0.1) is 0 Å². The first-order chi connectivity index (χ1) is 18.9. The van der Waals surface area contributed by atoms with Crippen LogP contribution in [0.4, 0.5) is 0 Å². The van der Waals surface area contributed by atoms with Gasteiger partial charge in [0, 0.05) is 26.4 Å². The van der Waals surface area contributed by atoms with Gasteiger partial charge in [0.25, 0.3) is 0 Å². The maximum absolute atomic E-state index is 4.94. The summed E-state index contributed by atoms with van der Waals surface area (Å²) in [5.74, 6) is 2.04. The van der Waals surface area contributed by atoms with E-state index in [1.54, 1.807) is 22.7 Å². The van der Waals surface area contributed by atoms with Gasteiger partial charge in [0.15, 0.2) is 22.1 Å². The van der Waals surface area contributed by atoms with Crippen LogP contribution in [-0.4, -0.2) is 36.4 Å². The number of aromatic nitrogens is 6. The molecule has 0 bridgehead atoms. The summed E-state index contributed by atoms with van der Waals surface area (Å²) in [4.78, 5) is 19.6. The van der Waals surface area contributed by atoms with Crippen LogP contribution in [0.15, 0.2) is 70.3 Å². The van der Waals surface area contributed by atoms with E-state index in [0.717, 1.165) is 71.5 Å². The van der Waals surface area contributed by atoms with E-state index < -0.39 is 0 Å². The number of aromatic amines is 6. The molecule has 2 aliphatic rings. The van der Waals surface area contributed by atoms with Crippen LogP contribution >= 0.6 is 22.7 Å². The minimum Gasteiger partial charge on any atom is -0.381 e. The third-order valence-electron chi connectivity index (χ3n) is 6.02. The first kappa shape index (κ1) is 29.5. The van der Waals surface area contributed by atoms with Crippen LogP contribution in [0.2, 0.25) is 0 Å². The third-order valence-corrected chi connectivity index (χ3v) is 7.27. The van der Waals surface area contributed by atoms with Crippen LogP contribution < -0.4 is 49.5 Å². The summed E-state index contributed by atoms with van der Waals surface area (Å²) in [5.41, 5.74) is 10.6. The maximum atomic E-state index is 4.94. The zero-order valence-corrected chi connectivity index (χ0v) is 25.9. The fraction of sp³-hybridized carbons (Fsp3) is 0.286. The van der Waals surface area contributed by atoms with Gasteiger partial charge in [0.2, 0.25) is 11.0 Å². The minimum atomic E-state index is 0. The summed E-state index contributed by atoms with van der Waals surface area (Å²) in [6.45, 7) is 4.00. The normalized spacial score (nSPS) is 13.9. The Bertz CT molecular complexity index is 1300. The van der Waals surface area contributed by atoms with Gasteiger partial charge in [0.1, 0.15) is 0 Å². The Hall–Kier alpha value is -2.44. The minimum absolute atomic E-state index is 0. The van der Waals surface area contributed by atoms with Crippen molar-refractivity contribution in [1.29, 1.82) is 0 Å². The van der Waals surface area contributed by atoms with Crippen molar-refractivity contribution in [2.45, 2.75) is 25.7 Å². The number of para-hydroxylation sites is 4. The Labute approximate surface area is 257 Å². The molecule has 0 amide bonds. The van der Waals surface area contributed by atoms with Crippen molar-refractivity contribution in [2.75, 3.05) is 26.4 Å². The van der Waals surface area contributed by atoms with E-state index in [0.29, 0.717) is 0 Å². The van der Waals surface area contributed by atoms with Crippen LogP contribution in [0.25, 0.3) is 45.1 Å². The summed E-state index contributed by atoms with van der Waals surface area (Å²) in [7, 11) is 0. The van der Waals surface area contributed by atoms with Gasteiger partial charge in [-0.1, -0.05) is 46.9 Å². The van der Waals surface area contributed by atoms with E-state index in [1.165, 1.54) is 25.7 Å². The molecule has 4 aromatic heterocycles. The van der Waals surface area contributed by atoms with Gasteiger partial charge in [0.05, 0.1) is 10.8 Å². The molecule has 2 fully saturated rings. The van der Waals surface area contributed by atoms with Gasteiger partial charge in [-0.3, -0.25) is 0 Å². The van der Waals surface area contributed by atoms with Gasteiger partial charge >= 0.3 is 52.6 Å². The number of rotatable bonds is 2. The summed E-state index contributed by atoms with van der Waals surface area (Å²) < 4.78 is 9.89. The molecule has 2 aromatic carbocycles. The van der Waals surface area contributed by atoms with E-state index >= 15 is 0 Å². The average molecular weight is 574 g/mol. The molecule has 0 radical (unpaired) electrons. The molecule has 39 heavy (non-hydrogen) atoms. The second-order valence-electron chi connectivity index (χ2n) is 8.84. The number of hydrogen-bond acceptors (Lipinski definition) is 4. The number of H-pyrrole nitrogens is 6. The van der Waals surface area contributed by atoms with Gasteiger partial charge in [-0.25, -0.2) is 19.9 Å². The standard InChI is InChI=1S/2C10H7N3S.2C4H8O.Na/c2*1-2-4-8-7(3-1)12-10(13-8)9-5-14-6-11-9;2*1-2-4-5-3-1;/h2*1-6H,(H,12,13);2*1-4H2;/q;;;;+1/p+4. The Morgan fingerprint density at radius 1 is 0.590 bits per heavy atom. The second kappa shape index (κ2) is 16.0. The average Bonchev–Trinajstić information content (AvgIpc) is 3.83. The number of fused-ring (bicyclic) bond motifs is 2. The van der Waals surface area contributed by atoms with E-state index in [2.05, 4.69) is 64.9 Å². The van der Waals surface area contributed by atoms with Gasteiger partial charge in [-0.2, -0.15) is 9.97 Å². The molecule has 0 unspecified atom stereocenters. The van der Waals surface area contributed by atoms with Crippen LogP contribution in [0.1, 0.15) is 25.7 Å². The molecule has 0 spiro atoms. The fourth-order valence-corrected chi connectivity index (χ4v) is 5.19. The second-order valence-corrected chi connectivity index (χ2v) is 10.3. The van der Waals surface area contributed by atoms with Crippen molar-refractivity contribution < 1.29 is 59.0 Å². The molecule has 11 heteroatoms. The van der Waals surface area contributed by atoms with E-state index in [4.69, 9.17) is 9.47 Å². The number of thiazole rings is 2. The Morgan fingerprint density at radius 2 is 1.00 bits per heavy atom. The largest absolute Gasteiger partial charge is 1.00 e. The summed E-state index contributed by atoms with van der Waals surface area (Å²) in [6, 6.07) is 16.3. The van der Waals surface area contributed by atoms with Crippen molar-refractivity contribution in [3.8, 4) is 23.0 Å². The molecule has 6 N–H and O–H groups in total. The Balaban J connectivity index is 0.000000132. The van der Waals surface area contributed by atoms with Crippen molar-refractivity contribution >= 4 is 44.7 Å². The zero-order chi connectivity index (χ0) is 25.8. The Morgan fingerprint density at radius 3 is 1.31 bits per heavy atom. The molecule has 6 aromatic rings. The molecule has 0 saturated carbocycles. The van der Waals surface area contributed by atoms with Gasteiger partial charge < -0.3 is 9.47 Å². The van der Waals surface area contributed by atoms with E-state index in [-0.39, 0.29) is 29.6 Å². The molecular formula is C28H34N6NaO2S2+5. The molecule has 2 aliphatic heterocycles. The molecule has 8 rings (SSSR count). The Kier molecular flexibility index (Phi) is 12.1. The van der Waals surface area contributed by atoms with Crippen LogP contribution in [0.3, 0.4) is 0 Å². The number of ether oxygens (including phenoxy) is 2. The van der Waals surface area contributed by atoms with Crippen molar-refractivity contribution in [1.82, 2.24) is 9.97 Å². The third kappa shape index (κ3) is 8.77. The van der Waals surface area contributed by atoms with E-state index in [9.17, 15) is 0 Å². The van der Waals surface area contributed by atoms with Crippen molar-refractivity contribution in [3.05, 3.63) is 70.3 Å². The summed E-state index contributed by atoms with van der Waals surface area (Å²) in [6.07, 6.45) is 5.11. The number of hydrogen-bond donors (Lipinski definition) is 2. The van der Waals surface area contributed by atoms with Crippen molar-refractivity contribution in [3.63, 3.8) is 0 Å². The van der Waals surface area contributed by atoms with Gasteiger partial charge in [-0.05, 0) is 49.9 Å².